The van der Waals surface area contributed by atoms with Crippen molar-refractivity contribution in [2.24, 2.45) is 0 Å². The Morgan fingerprint density at radius 1 is 1.32 bits per heavy atom. The van der Waals surface area contributed by atoms with Crippen LogP contribution in [0.15, 0.2) is 24.9 Å². The van der Waals surface area contributed by atoms with Gasteiger partial charge in [-0.05, 0) is 32.3 Å². The molecule has 0 aromatic carbocycles. The van der Waals surface area contributed by atoms with Crippen LogP contribution >= 0.6 is 0 Å². The van der Waals surface area contributed by atoms with Gasteiger partial charge in [-0.25, -0.2) is 14.1 Å². The molecule has 1 unspecified atom stereocenters. The summed E-state index contributed by atoms with van der Waals surface area (Å²) in [6.45, 7) is 9.30. The molecule has 0 aliphatic carbocycles. The van der Waals surface area contributed by atoms with Crippen molar-refractivity contribution in [2.75, 3.05) is 38.8 Å². The number of esters is 2. The zero-order valence-corrected chi connectivity index (χ0v) is 18.4. The van der Waals surface area contributed by atoms with Crippen LogP contribution in [0.5, 0.6) is 0 Å². The van der Waals surface area contributed by atoms with Gasteiger partial charge in [0.2, 0.25) is 0 Å². The lowest BCUT2D eigenvalue weighted by molar-refractivity contribution is -0.150. The van der Waals surface area contributed by atoms with Crippen LogP contribution in [0.4, 0.5) is 5.69 Å². The average Bonchev–Trinajstić information content (AvgIpc) is 3.19. The molecule has 0 bridgehead atoms. The summed E-state index contributed by atoms with van der Waals surface area (Å²) in [4.78, 5) is 26.3. The van der Waals surface area contributed by atoms with Crippen molar-refractivity contribution >= 4 is 23.1 Å². The number of aromatic nitrogens is 2. The molecule has 3 heterocycles. The Kier molecular flexibility index (Phi) is 6.66. The van der Waals surface area contributed by atoms with Crippen LogP contribution in [0.2, 0.25) is 0 Å². The largest absolute Gasteiger partial charge is 0.467 e. The number of carbonyl (C=O) groups is 2. The van der Waals surface area contributed by atoms with E-state index in [0.717, 1.165) is 12.8 Å². The Hall–Kier alpha value is -2.91. The number of aryl methyl sites for hydroxylation is 1. The van der Waals surface area contributed by atoms with Gasteiger partial charge in [-0.1, -0.05) is 6.08 Å². The molecule has 0 saturated carbocycles. The van der Waals surface area contributed by atoms with E-state index in [1.807, 2.05) is 0 Å². The van der Waals surface area contributed by atoms with E-state index in [1.165, 1.54) is 14.2 Å². The van der Waals surface area contributed by atoms with E-state index in [-0.39, 0.29) is 11.3 Å². The predicted octanol–water partition coefficient (Wildman–Crippen LogP) is 2.20. The number of hydrogen-bond acceptors (Lipinski definition) is 8. The number of piperidine rings is 1. The number of fused-ring (bicyclic) bond motifs is 1. The van der Waals surface area contributed by atoms with Crippen molar-refractivity contribution in [1.82, 2.24) is 9.61 Å². The Morgan fingerprint density at radius 3 is 2.58 bits per heavy atom. The van der Waals surface area contributed by atoms with Gasteiger partial charge in [0.05, 0.1) is 37.6 Å². The Labute approximate surface area is 181 Å². The highest BCUT2D eigenvalue weighted by atomic mass is 16.5. The second kappa shape index (κ2) is 9.07. The van der Waals surface area contributed by atoms with Crippen LogP contribution in [0.3, 0.4) is 0 Å². The third kappa shape index (κ3) is 4.42. The van der Waals surface area contributed by atoms with Gasteiger partial charge in [0, 0.05) is 30.9 Å². The molecule has 1 aliphatic rings. The van der Waals surface area contributed by atoms with Gasteiger partial charge in [-0.3, -0.25) is 0 Å². The fourth-order valence-electron chi connectivity index (χ4n) is 3.97. The highest BCUT2D eigenvalue weighted by Gasteiger charge is 2.35. The highest BCUT2D eigenvalue weighted by molar-refractivity contribution is 5.92. The average molecular weight is 431 g/mol. The number of rotatable bonds is 7. The lowest BCUT2D eigenvalue weighted by atomic mass is 9.91. The first kappa shape index (κ1) is 22.8. The van der Waals surface area contributed by atoms with E-state index in [4.69, 9.17) is 14.2 Å². The number of ether oxygens (including phenoxy) is 3. The van der Waals surface area contributed by atoms with Crippen LogP contribution in [-0.4, -0.2) is 66.2 Å². The van der Waals surface area contributed by atoms with E-state index >= 15 is 0 Å². The molecule has 1 fully saturated rings. The van der Waals surface area contributed by atoms with Crippen molar-refractivity contribution in [3.8, 4) is 0 Å². The fourth-order valence-corrected chi connectivity index (χ4v) is 3.97. The van der Waals surface area contributed by atoms with Crippen LogP contribution < -0.4 is 4.90 Å². The molecule has 1 saturated heterocycles. The summed E-state index contributed by atoms with van der Waals surface area (Å²) in [6, 6.07) is 1.61. The maximum absolute atomic E-state index is 12.2. The Balaban J connectivity index is 2.10. The van der Waals surface area contributed by atoms with E-state index < -0.39 is 18.0 Å². The van der Waals surface area contributed by atoms with Crippen LogP contribution in [-0.2, 0) is 19.0 Å². The number of aliphatic hydroxyl groups is 1. The Morgan fingerprint density at radius 2 is 2.00 bits per heavy atom. The van der Waals surface area contributed by atoms with Gasteiger partial charge in [-0.15, -0.1) is 6.58 Å². The van der Waals surface area contributed by atoms with Crippen molar-refractivity contribution in [3.63, 3.8) is 0 Å². The van der Waals surface area contributed by atoms with Gasteiger partial charge in [-0.2, -0.15) is 5.10 Å². The lowest BCUT2D eigenvalue weighted by Gasteiger charge is -2.41. The number of carbonyl (C=O) groups excluding carboxylic acids is 2. The monoisotopic (exact) mass is 431 g/mol. The molecule has 3 rings (SSSR count). The number of hydrogen-bond donors (Lipinski definition) is 1. The normalized spacial score (nSPS) is 16.7. The topological polar surface area (TPSA) is 103 Å². The summed E-state index contributed by atoms with van der Waals surface area (Å²) < 4.78 is 17.1. The summed E-state index contributed by atoms with van der Waals surface area (Å²) in [6.07, 6.45) is 3.42. The number of anilines is 1. The molecule has 2 aromatic heterocycles. The quantitative estimate of drug-likeness (QED) is 0.526. The van der Waals surface area contributed by atoms with Gasteiger partial charge < -0.3 is 24.2 Å². The molecule has 168 valence electrons. The molecule has 2 aromatic rings. The minimum atomic E-state index is -1.47. The lowest BCUT2D eigenvalue weighted by Crippen LogP contribution is -2.45. The second-order valence-electron chi connectivity index (χ2n) is 7.89. The number of nitrogens with zero attached hydrogens (tertiary/aromatic N) is 3. The first-order chi connectivity index (χ1) is 14.7. The van der Waals surface area contributed by atoms with E-state index in [0.29, 0.717) is 42.0 Å². The number of aliphatic hydroxyl groups excluding tert-OH is 1. The summed E-state index contributed by atoms with van der Waals surface area (Å²) in [5.41, 5.74) is 2.18. The molecule has 0 spiro atoms. The number of pyridine rings is 1. The van der Waals surface area contributed by atoms with Crippen LogP contribution in [0, 0.1) is 6.92 Å². The first-order valence-corrected chi connectivity index (χ1v) is 10.1. The van der Waals surface area contributed by atoms with E-state index in [9.17, 15) is 14.7 Å². The van der Waals surface area contributed by atoms with Crippen molar-refractivity contribution < 1.29 is 28.9 Å². The van der Waals surface area contributed by atoms with Crippen LogP contribution in [0.25, 0.3) is 5.52 Å². The first-order valence-electron chi connectivity index (χ1n) is 10.1. The summed E-state index contributed by atoms with van der Waals surface area (Å²) >= 11 is 0. The Bertz CT molecular complexity index is 991. The van der Waals surface area contributed by atoms with Crippen molar-refractivity contribution in [1.29, 1.82) is 0 Å². The molecule has 0 amide bonds. The third-order valence-electron chi connectivity index (χ3n) is 5.75. The van der Waals surface area contributed by atoms with Gasteiger partial charge in [0.15, 0.2) is 11.8 Å². The standard InChI is InChI=1S/C22H29N3O6/c1-6-11-31-22(3)7-9-24(10-8-22)18-16-12-15(20(27)29-4)23-25(16)13-14(2)17(18)19(26)21(28)30-5/h6,12-13,19,26H,1,7-11H2,2-5H3. The van der Waals surface area contributed by atoms with Crippen molar-refractivity contribution in [2.45, 2.75) is 38.4 Å². The molecule has 1 atom stereocenters. The van der Waals surface area contributed by atoms with Crippen molar-refractivity contribution in [3.05, 3.63) is 41.7 Å². The summed E-state index contributed by atoms with van der Waals surface area (Å²) in [7, 11) is 2.52. The summed E-state index contributed by atoms with van der Waals surface area (Å²) in [5.74, 6) is -1.32. The number of methoxy groups -OCH3 is 2. The smallest absolute Gasteiger partial charge is 0.358 e. The zero-order valence-electron chi connectivity index (χ0n) is 18.4. The molecule has 9 heteroatoms. The maximum atomic E-state index is 12.2. The molecular formula is C22H29N3O6. The molecule has 0 radical (unpaired) electrons. The van der Waals surface area contributed by atoms with Crippen LogP contribution in [0.1, 0.15) is 47.5 Å². The predicted molar refractivity (Wildman–Crippen MR) is 114 cm³/mol. The second-order valence-corrected chi connectivity index (χ2v) is 7.89. The maximum Gasteiger partial charge on any atom is 0.358 e. The van der Waals surface area contributed by atoms with E-state index in [2.05, 4.69) is 23.5 Å². The zero-order chi connectivity index (χ0) is 22.8. The SMILES string of the molecule is C=CCOC1(C)CCN(c2c(C(O)C(=O)OC)c(C)cn3nc(C(=O)OC)cc23)CC1. The molecule has 1 N–H and O–H groups in total. The molecule has 9 nitrogen and oxygen atoms in total. The minimum absolute atomic E-state index is 0.143. The van der Waals surface area contributed by atoms with E-state index in [1.54, 1.807) is 29.8 Å². The fraction of sp³-hybridized carbons (Fsp3) is 0.500. The summed E-state index contributed by atoms with van der Waals surface area (Å²) in [5, 5.41) is 15.1. The van der Waals surface area contributed by atoms with Gasteiger partial charge in [0.25, 0.3) is 0 Å². The third-order valence-corrected chi connectivity index (χ3v) is 5.75. The molecular weight excluding hydrogens is 402 g/mol. The minimum Gasteiger partial charge on any atom is -0.467 e. The van der Waals surface area contributed by atoms with Gasteiger partial charge >= 0.3 is 11.9 Å². The van der Waals surface area contributed by atoms with Gasteiger partial charge in [0.1, 0.15) is 0 Å². The highest BCUT2D eigenvalue weighted by Crippen LogP contribution is 2.38. The molecule has 1 aliphatic heterocycles. The molecule has 31 heavy (non-hydrogen) atoms.